The van der Waals surface area contributed by atoms with Crippen molar-refractivity contribution in [2.24, 2.45) is 0 Å². The largest absolute Gasteiger partial charge is 0.504 e. The van der Waals surface area contributed by atoms with E-state index in [0.717, 1.165) is 37.4 Å². The van der Waals surface area contributed by atoms with Crippen molar-refractivity contribution in [1.82, 2.24) is 9.88 Å². The zero-order chi connectivity index (χ0) is 21.4. The van der Waals surface area contributed by atoms with Crippen molar-refractivity contribution < 1.29 is 13.9 Å². The molecule has 1 aliphatic carbocycles. The number of hydrogen-bond donors (Lipinski definition) is 2. The van der Waals surface area contributed by atoms with Gasteiger partial charge in [-0.25, -0.2) is 8.78 Å². The summed E-state index contributed by atoms with van der Waals surface area (Å²) in [5.41, 5.74) is 1.67. The van der Waals surface area contributed by atoms with E-state index in [1.165, 1.54) is 18.3 Å². The molecule has 2 N–H and O–H groups in total. The molecule has 4 nitrogen and oxygen atoms in total. The van der Waals surface area contributed by atoms with Gasteiger partial charge in [0.2, 0.25) is 0 Å². The molecule has 1 aromatic heterocycles. The Bertz CT molecular complexity index is 1060. The average molecular weight is 431 g/mol. The number of benzene rings is 2. The lowest BCUT2D eigenvalue weighted by atomic mass is 9.90. The van der Waals surface area contributed by atoms with Crippen LogP contribution in [0.25, 0.3) is 22.0 Å². The zero-order valence-corrected chi connectivity index (χ0v) is 17.6. The average Bonchev–Trinajstić information content (AvgIpc) is 2.71. The second-order valence-corrected chi connectivity index (χ2v) is 8.44. The molecule has 0 amide bonds. The number of rotatable bonds is 4. The maximum absolute atomic E-state index is 14.8. The van der Waals surface area contributed by atoms with Crippen LogP contribution in [-0.2, 0) is 0 Å². The van der Waals surface area contributed by atoms with Crippen LogP contribution in [0.3, 0.4) is 0 Å². The number of anilines is 1. The summed E-state index contributed by atoms with van der Waals surface area (Å²) in [6.45, 7) is 0. The summed E-state index contributed by atoms with van der Waals surface area (Å²) in [5, 5.41) is 13.6. The number of nitrogens with one attached hydrogen (secondary N) is 1. The SMILES string of the molecule is CN(C)[C@H]1CC[C@H](Nc2[c]cnc3cc(F)c(-c4cc(F)c(O)c(Cl)c4)cc23)CC1. The van der Waals surface area contributed by atoms with Gasteiger partial charge in [0.15, 0.2) is 11.6 Å². The number of hydrogen-bond acceptors (Lipinski definition) is 4. The number of fused-ring (bicyclic) bond motifs is 1. The molecule has 7 heteroatoms. The lowest BCUT2D eigenvalue weighted by Crippen LogP contribution is -2.36. The highest BCUT2D eigenvalue weighted by Gasteiger charge is 2.23. The molecule has 4 rings (SSSR count). The molecule has 157 valence electrons. The van der Waals surface area contributed by atoms with Crippen LogP contribution in [0.2, 0.25) is 5.02 Å². The topological polar surface area (TPSA) is 48.4 Å². The highest BCUT2D eigenvalue weighted by Crippen LogP contribution is 2.36. The molecule has 0 aliphatic heterocycles. The molecule has 0 saturated heterocycles. The molecule has 0 spiro atoms. The van der Waals surface area contributed by atoms with Crippen LogP contribution in [0.1, 0.15) is 25.7 Å². The van der Waals surface area contributed by atoms with Crippen LogP contribution >= 0.6 is 11.6 Å². The van der Waals surface area contributed by atoms with Gasteiger partial charge in [-0.2, -0.15) is 0 Å². The highest BCUT2D eigenvalue weighted by molar-refractivity contribution is 6.32. The predicted molar refractivity (Wildman–Crippen MR) is 116 cm³/mol. The normalized spacial score (nSPS) is 19.4. The van der Waals surface area contributed by atoms with Gasteiger partial charge >= 0.3 is 0 Å². The summed E-state index contributed by atoms with van der Waals surface area (Å²) >= 11 is 5.89. The van der Waals surface area contributed by atoms with Crippen molar-refractivity contribution in [3.8, 4) is 16.9 Å². The van der Waals surface area contributed by atoms with Crippen molar-refractivity contribution in [3.63, 3.8) is 0 Å². The lowest BCUT2D eigenvalue weighted by Gasteiger charge is -2.33. The first-order valence-corrected chi connectivity index (χ1v) is 10.3. The molecule has 30 heavy (non-hydrogen) atoms. The molecule has 0 unspecified atom stereocenters. The van der Waals surface area contributed by atoms with E-state index in [9.17, 15) is 13.9 Å². The van der Waals surface area contributed by atoms with Crippen LogP contribution in [-0.4, -0.2) is 41.2 Å². The minimum absolute atomic E-state index is 0.168. The Kier molecular flexibility index (Phi) is 5.80. The van der Waals surface area contributed by atoms with Gasteiger partial charge in [-0.1, -0.05) is 11.6 Å². The molecule has 0 atom stereocenters. The zero-order valence-electron chi connectivity index (χ0n) is 16.8. The van der Waals surface area contributed by atoms with E-state index in [1.807, 2.05) is 0 Å². The third-order valence-electron chi connectivity index (χ3n) is 5.87. The number of aromatic nitrogens is 1. The Hall–Kier alpha value is -2.44. The van der Waals surface area contributed by atoms with Gasteiger partial charge < -0.3 is 15.3 Å². The van der Waals surface area contributed by atoms with Gasteiger partial charge in [-0.3, -0.25) is 4.98 Å². The molecule has 1 saturated carbocycles. The number of halogens is 3. The highest BCUT2D eigenvalue weighted by atomic mass is 35.5. The fraction of sp³-hybridized carbons (Fsp3) is 0.348. The monoisotopic (exact) mass is 430 g/mol. The Morgan fingerprint density at radius 2 is 1.83 bits per heavy atom. The fourth-order valence-corrected chi connectivity index (χ4v) is 4.32. The van der Waals surface area contributed by atoms with E-state index in [0.29, 0.717) is 23.0 Å². The molecular weight excluding hydrogens is 408 g/mol. The van der Waals surface area contributed by atoms with Gasteiger partial charge in [0.25, 0.3) is 0 Å². The summed E-state index contributed by atoms with van der Waals surface area (Å²) < 4.78 is 28.7. The predicted octanol–water partition coefficient (Wildman–Crippen LogP) is 5.62. The maximum atomic E-state index is 14.8. The number of phenols is 1. The summed E-state index contributed by atoms with van der Waals surface area (Å²) in [7, 11) is 4.22. The molecule has 1 fully saturated rings. The van der Waals surface area contributed by atoms with Crippen LogP contribution in [0.4, 0.5) is 14.5 Å². The first-order chi connectivity index (χ1) is 14.3. The number of nitrogens with zero attached hydrogens (tertiary/aromatic N) is 2. The summed E-state index contributed by atoms with van der Waals surface area (Å²) in [6.07, 6.45) is 5.82. The van der Waals surface area contributed by atoms with Crippen LogP contribution in [0.15, 0.2) is 30.5 Å². The minimum atomic E-state index is -0.897. The Balaban J connectivity index is 1.68. The first kappa shape index (κ1) is 20.8. The third-order valence-corrected chi connectivity index (χ3v) is 6.16. The van der Waals surface area contributed by atoms with Crippen LogP contribution in [0, 0.1) is 17.7 Å². The number of phenolic OH excluding ortho intramolecular Hbond substituents is 1. The third kappa shape index (κ3) is 4.07. The summed E-state index contributed by atoms with van der Waals surface area (Å²) in [4.78, 5) is 6.50. The second-order valence-electron chi connectivity index (χ2n) is 8.03. The van der Waals surface area contributed by atoms with E-state index in [-0.39, 0.29) is 16.1 Å². The van der Waals surface area contributed by atoms with Gasteiger partial charge in [0, 0.05) is 41.4 Å². The van der Waals surface area contributed by atoms with E-state index < -0.39 is 17.4 Å². The van der Waals surface area contributed by atoms with E-state index in [4.69, 9.17) is 11.6 Å². The van der Waals surface area contributed by atoms with E-state index in [2.05, 4.69) is 35.4 Å². The smallest absolute Gasteiger partial charge is 0.170 e. The molecule has 1 aliphatic rings. The Labute approximate surface area is 179 Å². The number of pyridine rings is 1. The van der Waals surface area contributed by atoms with Crippen molar-refractivity contribution in [3.05, 3.63) is 53.2 Å². The Morgan fingerprint density at radius 3 is 2.50 bits per heavy atom. The van der Waals surface area contributed by atoms with Gasteiger partial charge in [0.05, 0.1) is 16.2 Å². The first-order valence-electron chi connectivity index (χ1n) is 9.94. The quantitative estimate of drug-likeness (QED) is 0.563. The Morgan fingerprint density at radius 1 is 1.10 bits per heavy atom. The van der Waals surface area contributed by atoms with E-state index >= 15 is 0 Å². The van der Waals surface area contributed by atoms with Crippen molar-refractivity contribution >= 4 is 28.2 Å². The number of aromatic hydroxyl groups is 1. The van der Waals surface area contributed by atoms with E-state index in [1.54, 1.807) is 6.07 Å². The van der Waals surface area contributed by atoms with Gasteiger partial charge in [-0.15, -0.1) is 0 Å². The van der Waals surface area contributed by atoms with Gasteiger partial charge in [0.1, 0.15) is 5.82 Å². The summed E-state index contributed by atoms with van der Waals surface area (Å²) in [6, 6.07) is 9.40. The molecule has 1 heterocycles. The van der Waals surface area contributed by atoms with Crippen molar-refractivity contribution in [1.29, 1.82) is 0 Å². The molecule has 1 radical (unpaired) electrons. The fourth-order valence-electron chi connectivity index (χ4n) is 4.12. The maximum Gasteiger partial charge on any atom is 0.170 e. The van der Waals surface area contributed by atoms with Crippen molar-refractivity contribution in [2.45, 2.75) is 37.8 Å². The summed E-state index contributed by atoms with van der Waals surface area (Å²) in [5.74, 6) is -2.09. The molecule has 3 aromatic rings. The standard InChI is InChI=1S/C23H23ClF2N3O/c1-29(2)15-5-3-14(4-6-15)28-21-7-8-27-22-12-19(25)16(11-17(21)22)13-9-18(24)23(30)20(26)10-13/h8-12,14-15,30H,3-6H2,1-2H3,(H,27,28)/t14-,15-. The molecule has 0 bridgehead atoms. The minimum Gasteiger partial charge on any atom is -0.504 e. The molecule has 2 aromatic carbocycles. The molecular formula is C23H23ClF2N3O. The van der Waals surface area contributed by atoms with Crippen LogP contribution in [0.5, 0.6) is 5.75 Å². The van der Waals surface area contributed by atoms with Crippen LogP contribution < -0.4 is 5.32 Å². The van der Waals surface area contributed by atoms with Gasteiger partial charge in [-0.05, 0) is 63.5 Å². The second kappa shape index (κ2) is 8.36. The van der Waals surface area contributed by atoms with Crippen molar-refractivity contribution in [2.75, 3.05) is 19.4 Å². The lowest BCUT2D eigenvalue weighted by molar-refractivity contribution is 0.221.